The number of esters is 1. The zero-order chi connectivity index (χ0) is 24.2. The molecule has 4 N–H and O–H groups in total. The van der Waals surface area contributed by atoms with Gasteiger partial charge in [-0.05, 0) is 58.0 Å². The van der Waals surface area contributed by atoms with Crippen molar-refractivity contribution in [3.63, 3.8) is 0 Å². The molecule has 0 bridgehead atoms. The Bertz CT molecular complexity index is 709. The number of carboxylic acid groups (broad SMARTS) is 1. The number of rotatable bonds is 11. The topological polar surface area (TPSA) is 154 Å². The number of piperidine rings is 2. The summed E-state index contributed by atoms with van der Waals surface area (Å²) in [6.07, 6.45) is 4.22. The highest BCUT2D eigenvalue weighted by Crippen LogP contribution is 2.21. The van der Waals surface area contributed by atoms with E-state index in [0.717, 1.165) is 32.4 Å². The molecule has 3 amide bonds. The Kier molecular flexibility index (Phi) is 11.1. The summed E-state index contributed by atoms with van der Waals surface area (Å²) >= 11 is 0. The highest BCUT2D eigenvalue weighted by molar-refractivity contribution is 5.96. The molecule has 0 aromatic carbocycles. The van der Waals surface area contributed by atoms with Crippen LogP contribution < -0.4 is 16.0 Å². The van der Waals surface area contributed by atoms with Gasteiger partial charge in [-0.3, -0.25) is 19.2 Å². The molecule has 0 aromatic rings. The summed E-state index contributed by atoms with van der Waals surface area (Å²) in [5.41, 5.74) is 0. The van der Waals surface area contributed by atoms with E-state index in [-0.39, 0.29) is 25.0 Å². The van der Waals surface area contributed by atoms with Crippen LogP contribution in [0.5, 0.6) is 0 Å². The Labute approximate surface area is 194 Å². The Morgan fingerprint density at radius 3 is 2.55 bits per heavy atom. The van der Waals surface area contributed by atoms with Gasteiger partial charge in [0, 0.05) is 26.1 Å². The van der Waals surface area contributed by atoms with Gasteiger partial charge in [-0.25, -0.2) is 4.79 Å². The fourth-order valence-electron chi connectivity index (χ4n) is 4.21. The molecule has 2 heterocycles. The van der Waals surface area contributed by atoms with Crippen molar-refractivity contribution in [1.29, 1.82) is 0 Å². The van der Waals surface area contributed by atoms with Crippen molar-refractivity contribution in [1.82, 2.24) is 20.9 Å². The third kappa shape index (κ3) is 9.37. The lowest BCUT2D eigenvalue weighted by molar-refractivity contribution is -0.148. The van der Waals surface area contributed by atoms with Gasteiger partial charge >= 0.3 is 11.9 Å². The highest BCUT2D eigenvalue weighted by Gasteiger charge is 2.30. The monoisotopic (exact) mass is 468 g/mol. The maximum absolute atomic E-state index is 12.6. The first kappa shape index (κ1) is 26.6. The Balaban J connectivity index is 1.77. The molecule has 0 radical (unpaired) electrons. The molecule has 33 heavy (non-hydrogen) atoms. The fraction of sp³-hybridized carbons (Fsp3) is 0.773. The molecule has 2 saturated heterocycles. The zero-order valence-electron chi connectivity index (χ0n) is 19.3. The zero-order valence-corrected chi connectivity index (χ0v) is 19.3. The first-order valence-electron chi connectivity index (χ1n) is 11.7. The fourth-order valence-corrected chi connectivity index (χ4v) is 4.21. The summed E-state index contributed by atoms with van der Waals surface area (Å²) in [5.74, 6) is -3.03. The van der Waals surface area contributed by atoms with Crippen LogP contribution in [0.2, 0.25) is 0 Å². The number of likely N-dealkylation sites (tertiary alicyclic amines) is 1. The first-order chi connectivity index (χ1) is 15.8. The minimum Gasteiger partial charge on any atom is -0.480 e. The molecule has 11 nitrogen and oxygen atoms in total. The number of nitrogens with one attached hydrogen (secondary N) is 3. The van der Waals surface area contributed by atoms with Gasteiger partial charge in [-0.1, -0.05) is 0 Å². The van der Waals surface area contributed by atoms with Crippen LogP contribution in [0.4, 0.5) is 0 Å². The van der Waals surface area contributed by atoms with E-state index in [1.807, 2.05) is 0 Å². The van der Waals surface area contributed by atoms with Crippen molar-refractivity contribution in [2.45, 2.75) is 57.9 Å². The number of carbonyl (C=O) groups is 5. The van der Waals surface area contributed by atoms with E-state index >= 15 is 0 Å². The quantitative estimate of drug-likeness (QED) is 0.237. The highest BCUT2D eigenvalue weighted by atomic mass is 16.5. The molecule has 2 aliphatic rings. The SMILES string of the molecule is CCOC(=O)CC(=O)N[C@@H](CNC(=O)[C@@H]1CCCN(C(=O)CCC2CCNCC2)C1)C(=O)O. The number of hydrogen-bond acceptors (Lipinski definition) is 7. The number of nitrogens with zero attached hydrogens (tertiary/aromatic N) is 1. The molecule has 2 fully saturated rings. The van der Waals surface area contributed by atoms with Gasteiger partial charge < -0.3 is 30.7 Å². The van der Waals surface area contributed by atoms with Crippen molar-refractivity contribution in [3.8, 4) is 0 Å². The van der Waals surface area contributed by atoms with Gasteiger partial charge in [0.25, 0.3) is 0 Å². The third-order valence-electron chi connectivity index (χ3n) is 6.09. The van der Waals surface area contributed by atoms with E-state index in [2.05, 4.69) is 20.7 Å². The molecule has 0 saturated carbocycles. The van der Waals surface area contributed by atoms with Crippen LogP contribution in [0.3, 0.4) is 0 Å². The van der Waals surface area contributed by atoms with Crippen LogP contribution in [0.1, 0.15) is 51.9 Å². The summed E-state index contributed by atoms with van der Waals surface area (Å²) in [6, 6.07) is -1.37. The molecule has 0 unspecified atom stereocenters. The van der Waals surface area contributed by atoms with Crippen LogP contribution in [-0.2, 0) is 28.7 Å². The van der Waals surface area contributed by atoms with Crippen molar-refractivity contribution in [2.24, 2.45) is 11.8 Å². The molecule has 0 spiro atoms. The lowest BCUT2D eigenvalue weighted by atomic mass is 9.92. The minimum atomic E-state index is -1.37. The van der Waals surface area contributed by atoms with E-state index in [1.165, 1.54) is 0 Å². The summed E-state index contributed by atoms with van der Waals surface area (Å²) in [6.45, 7) is 4.31. The predicted octanol–water partition coefficient (Wildman–Crippen LogP) is -0.356. The normalized spacial score (nSPS) is 19.9. The number of amides is 3. The van der Waals surface area contributed by atoms with E-state index in [4.69, 9.17) is 0 Å². The molecule has 11 heteroatoms. The average molecular weight is 469 g/mol. The molecular formula is C22H36N4O7. The van der Waals surface area contributed by atoms with Gasteiger partial charge in [-0.2, -0.15) is 0 Å². The first-order valence-corrected chi connectivity index (χ1v) is 11.7. The minimum absolute atomic E-state index is 0.0562. The molecule has 0 aromatic heterocycles. The molecular weight excluding hydrogens is 432 g/mol. The van der Waals surface area contributed by atoms with Crippen LogP contribution >= 0.6 is 0 Å². The second-order valence-electron chi connectivity index (χ2n) is 8.60. The summed E-state index contributed by atoms with van der Waals surface area (Å²) < 4.78 is 4.66. The van der Waals surface area contributed by atoms with E-state index < -0.39 is 36.2 Å². The Hall–Kier alpha value is -2.69. The lowest BCUT2D eigenvalue weighted by Crippen LogP contribution is -2.51. The smallest absolute Gasteiger partial charge is 0.328 e. The van der Waals surface area contributed by atoms with Gasteiger partial charge in [0.05, 0.1) is 12.5 Å². The van der Waals surface area contributed by atoms with Crippen LogP contribution in [-0.4, -0.2) is 85.0 Å². The largest absolute Gasteiger partial charge is 0.480 e. The maximum atomic E-state index is 12.6. The summed E-state index contributed by atoms with van der Waals surface area (Å²) in [4.78, 5) is 61.6. The van der Waals surface area contributed by atoms with Crippen LogP contribution in [0, 0.1) is 11.8 Å². The standard InChI is InChI=1S/C22H36N4O7/c1-2-33-20(29)12-18(27)25-17(22(31)32)13-24-21(30)16-4-3-11-26(14-16)19(28)6-5-15-7-9-23-10-8-15/h15-17,23H,2-14H2,1H3,(H,24,30)(H,25,27)(H,31,32)/t16-,17+/m1/s1. The van der Waals surface area contributed by atoms with E-state index in [0.29, 0.717) is 38.3 Å². The van der Waals surface area contributed by atoms with Crippen molar-refractivity contribution in [2.75, 3.05) is 39.3 Å². The Morgan fingerprint density at radius 1 is 1.15 bits per heavy atom. The summed E-state index contributed by atoms with van der Waals surface area (Å²) in [7, 11) is 0. The van der Waals surface area contributed by atoms with Gasteiger partial charge in [0.1, 0.15) is 12.5 Å². The molecule has 2 aliphatic heterocycles. The van der Waals surface area contributed by atoms with Crippen molar-refractivity contribution in [3.05, 3.63) is 0 Å². The van der Waals surface area contributed by atoms with Gasteiger partial charge in [-0.15, -0.1) is 0 Å². The van der Waals surface area contributed by atoms with Crippen molar-refractivity contribution < 1.29 is 33.8 Å². The molecule has 2 atom stereocenters. The van der Waals surface area contributed by atoms with Gasteiger partial charge in [0.15, 0.2) is 0 Å². The second kappa shape index (κ2) is 13.8. The average Bonchev–Trinajstić information content (AvgIpc) is 2.80. The molecule has 186 valence electrons. The second-order valence-corrected chi connectivity index (χ2v) is 8.60. The molecule has 2 rings (SSSR count). The number of ether oxygens (including phenoxy) is 1. The van der Waals surface area contributed by atoms with Crippen LogP contribution in [0.15, 0.2) is 0 Å². The maximum Gasteiger partial charge on any atom is 0.328 e. The van der Waals surface area contributed by atoms with Crippen LogP contribution in [0.25, 0.3) is 0 Å². The number of aliphatic carboxylic acids is 1. The molecule has 0 aliphatic carbocycles. The number of carboxylic acids is 1. The van der Waals surface area contributed by atoms with E-state index in [1.54, 1.807) is 11.8 Å². The van der Waals surface area contributed by atoms with E-state index in [9.17, 15) is 29.1 Å². The summed E-state index contributed by atoms with van der Waals surface area (Å²) in [5, 5.41) is 17.4. The lowest BCUT2D eigenvalue weighted by Gasteiger charge is -2.33. The predicted molar refractivity (Wildman–Crippen MR) is 118 cm³/mol. The Morgan fingerprint density at radius 2 is 1.88 bits per heavy atom. The number of carbonyl (C=O) groups excluding carboxylic acids is 4. The third-order valence-corrected chi connectivity index (χ3v) is 6.09. The van der Waals surface area contributed by atoms with Crippen molar-refractivity contribution >= 4 is 29.7 Å². The number of hydrogen-bond donors (Lipinski definition) is 4. The van der Waals surface area contributed by atoms with Gasteiger partial charge in [0.2, 0.25) is 17.7 Å².